The first-order chi connectivity index (χ1) is 9.19. The van der Waals surface area contributed by atoms with Crippen LogP contribution >= 0.6 is 22.6 Å². The van der Waals surface area contributed by atoms with Gasteiger partial charge in [0.2, 0.25) is 0 Å². The van der Waals surface area contributed by atoms with E-state index in [9.17, 15) is 0 Å². The van der Waals surface area contributed by atoms with Gasteiger partial charge in [0, 0.05) is 22.7 Å². The Hall–Kier alpha value is -1.07. The van der Waals surface area contributed by atoms with E-state index in [4.69, 9.17) is 10.00 Å². The van der Waals surface area contributed by atoms with Crippen LogP contribution in [-0.2, 0) is 4.74 Å². The summed E-state index contributed by atoms with van der Waals surface area (Å²) in [6, 6.07) is 6.34. The highest BCUT2D eigenvalue weighted by molar-refractivity contribution is 14.1. The zero-order valence-corrected chi connectivity index (χ0v) is 13.1. The van der Waals surface area contributed by atoms with Gasteiger partial charge in [-0.3, -0.25) is 0 Å². The first-order valence-corrected chi connectivity index (χ1v) is 7.40. The average Bonchev–Trinajstić information content (AvgIpc) is 2.39. The Kier molecular flexibility index (Phi) is 5.22. The van der Waals surface area contributed by atoms with Gasteiger partial charge in [-0.2, -0.15) is 5.26 Å². The summed E-state index contributed by atoms with van der Waals surface area (Å²) < 4.78 is 6.49. The highest BCUT2D eigenvalue weighted by Crippen LogP contribution is 2.21. The van der Waals surface area contributed by atoms with Crippen LogP contribution in [0.4, 0.5) is 11.6 Å². The van der Waals surface area contributed by atoms with Crippen LogP contribution in [0.1, 0.15) is 13.3 Å². The molecule has 19 heavy (non-hydrogen) atoms. The lowest BCUT2D eigenvalue weighted by molar-refractivity contribution is 0.122. The zero-order chi connectivity index (χ0) is 13.7. The van der Waals surface area contributed by atoms with Gasteiger partial charge in [-0.15, -0.1) is 0 Å². The number of halogens is 1. The van der Waals surface area contributed by atoms with Crippen LogP contribution in [0.2, 0.25) is 0 Å². The molecular formula is C13H17IN4O. The van der Waals surface area contributed by atoms with Crippen molar-refractivity contribution in [1.82, 2.24) is 4.98 Å². The molecule has 1 fully saturated rings. The number of morpholine rings is 1. The van der Waals surface area contributed by atoms with Gasteiger partial charge < -0.3 is 15.0 Å². The summed E-state index contributed by atoms with van der Waals surface area (Å²) in [5.74, 6) is 1.80. The van der Waals surface area contributed by atoms with Crippen LogP contribution in [0.5, 0.6) is 0 Å². The van der Waals surface area contributed by atoms with Crippen molar-refractivity contribution in [2.24, 2.45) is 0 Å². The van der Waals surface area contributed by atoms with Crippen molar-refractivity contribution in [3.8, 4) is 6.07 Å². The number of hydrogen-bond donors (Lipinski definition) is 1. The van der Waals surface area contributed by atoms with E-state index < -0.39 is 0 Å². The lowest BCUT2D eigenvalue weighted by Crippen LogP contribution is -2.37. The second-order valence-corrected chi connectivity index (χ2v) is 5.78. The third-order valence-electron chi connectivity index (χ3n) is 2.90. The SMILES string of the molecule is CC(CC#N)Nc1cc(I)cc(N2CCOCC2)n1. The average molecular weight is 372 g/mol. The lowest BCUT2D eigenvalue weighted by Gasteiger charge is -2.28. The molecule has 0 spiro atoms. The van der Waals surface area contributed by atoms with Crippen molar-refractivity contribution in [1.29, 1.82) is 5.26 Å². The summed E-state index contributed by atoms with van der Waals surface area (Å²) in [5.41, 5.74) is 0. The summed E-state index contributed by atoms with van der Waals surface area (Å²) in [5, 5.41) is 12.0. The minimum atomic E-state index is 0.105. The number of hydrogen-bond acceptors (Lipinski definition) is 5. The molecule has 1 atom stereocenters. The predicted molar refractivity (Wildman–Crippen MR) is 83.3 cm³/mol. The van der Waals surface area contributed by atoms with E-state index in [1.54, 1.807) is 0 Å². The van der Waals surface area contributed by atoms with Crippen LogP contribution in [-0.4, -0.2) is 37.3 Å². The molecule has 1 aromatic rings. The highest BCUT2D eigenvalue weighted by Gasteiger charge is 2.14. The van der Waals surface area contributed by atoms with Crippen LogP contribution < -0.4 is 10.2 Å². The maximum absolute atomic E-state index is 8.69. The number of rotatable bonds is 4. The van der Waals surface area contributed by atoms with Gasteiger partial charge in [0.15, 0.2) is 0 Å². The molecule has 1 aromatic heterocycles. The Labute approximate surface area is 127 Å². The van der Waals surface area contributed by atoms with Crippen LogP contribution in [0.15, 0.2) is 12.1 Å². The van der Waals surface area contributed by atoms with Gasteiger partial charge in [0.05, 0.1) is 25.7 Å². The lowest BCUT2D eigenvalue weighted by atomic mass is 10.2. The molecule has 2 heterocycles. The molecule has 2 rings (SSSR count). The monoisotopic (exact) mass is 372 g/mol. The van der Waals surface area contributed by atoms with Crippen molar-refractivity contribution >= 4 is 34.2 Å². The Morgan fingerprint density at radius 1 is 1.53 bits per heavy atom. The predicted octanol–water partition coefficient (Wildman–Crippen LogP) is 2.24. The van der Waals surface area contributed by atoms with E-state index in [2.05, 4.69) is 49.9 Å². The Morgan fingerprint density at radius 3 is 2.95 bits per heavy atom. The number of nitrogens with zero attached hydrogens (tertiary/aromatic N) is 3. The van der Waals surface area contributed by atoms with E-state index >= 15 is 0 Å². The van der Waals surface area contributed by atoms with Crippen molar-refractivity contribution in [2.45, 2.75) is 19.4 Å². The first kappa shape index (κ1) is 14.3. The fraction of sp³-hybridized carbons (Fsp3) is 0.538. The summed E-state index contributed by atoms with van der Waals surface area (Å²) >= 11 is 2.29. The molecule has 0 aromatic carbocycles. The van der Waals surface area contributed by atoms with E-state index in [1.165, 1.54) is 0 Å². The zero-order valence-electron chi connectivity index (χ0n) is 10.9. The molecule has 0 bridgehead atoms. The standard InChI is InChI=1S/C13H17IN4O/c1-10(2-3-15)16-12-8-11(14)9-13(17-12)18-4-6-19-7-5-18/h8-10H,2,4-7H2,1H3,(H,16,17). The molecule has 0 radical (unpaired) electrons. The van der Waals surface area contributed by atoms with Gasteiger partial charge in [-0.25, -0.2) is 4.98 Å². The normalized spacial score (nSPS) is 16.8. The Bertz CT molecular complexity index is 468. The summed E-state index contributed by atoms with van der Waals surface area (Å²) in [7, 11) is 0. The Morgan fingerprint density at radius 2 is 2.26 bits per heavy atom. The summed E-state index contributed by atoms with van der Waals surface area (Å²) in [4.78, 5) is 6.85. The number of pyridine rings is 1. The molecule has 0 aliphatic carbocycles. The van der Waals surface area contributed by atoms with Gasteiger partial charge in [-0.1, -0.05) is 0 Å². The molecule has 1 N–H and O–H groups in total. The van der Waals surface area contributed by atoms with Crippen LogP contribution in [0.25, 0.3) is 0 Å². The molecule has 1 unspecified atom stereocenters. The molecule has 0 saturated carbocycles. The van der Waals surface area contributed by atoms with E-state index in [-0.39, 0.29) is 6.04 Å². The number of nitriles is 1. The highest BCUT2D eigenvalue weighted by atomic mass is 127. The second-order valence-electron chi connectivity index (χ2n) is 4.54. The van der Waals surface area contributed by atoms with Crippen molar-refractivity contribution < 1.29 is 4.74 Å². The van der Waals surface area contributed by atoms with Crippen LogP contribution in [0.3, 0.4) is 0 Å². The van der Waals surface area contributed by atoms with Gasteiger partial charge in [0.25, 0.3) is 0 Å². The first-order valence-electron chi connectivity index (χ1n) is 6.33. The maximum atomic E-state index is 8.69. The third-order valence-corrected chi connectivity index (χ3v) is 3.53. The maximum Gasteiger partial charge on any atom is 0.132 e. The van der Waals surface area contributed by atoms with E-state index in [0.717, 1.165) is 41.5 Å². The summed E-state index contributed by atoms with van der Waals surface area (Å²) in [6.45, 7) is 5.24. The topological polar surface area (TPSA) is 61.2 Å². The van der Waals surface area contributed by atoms with Gasteiger partial charge in [-0.05, 0) is 41.6 Å². The molecule has 6 heteroatoms. The van der Waals surface area contributed by atoms with E-state index in [1.807, 2.05) is 13.0 Å². The second kappa shape index (κ2) is 6.91. The third kappa shape index (κ3) is 4.21. The van der Waals surface area contributed by atoms with Gasteiger partial charge in [0.1, 0.15) is 11.6 Å². The Balaban J connectivity index is 2.12. The fourth-order valence-electron chi connectivity index (χ4n) is 1.95. The van der Waals surface area contributed by atoms with Gasteiger partial charge >= 0.3 is 0 Å². The molecule has 102 valence electrons. The largest absolute Gasteiger partial charge is 0.378 e. The number of ether oxygens (including phenoxy) is 1. The number of nitrogens with one attached hydrogen (secondary N) is 1. The molecule has 0 amide bonds. The quantitative estimate of drug-likeness (QED) is 0.822. The van der Waals surface area contributed by atoms with Crippen molar-refractivity contribution in [3.63, 3.8) is 0 Å². The van der Waals surface area contributed by atoms with Crippen molar-refractivity contribution in [3.05, 3.63) is 15.7 Å². The minimum absolute atomic E-state index is 0.105. The molecular weight excluding hydrogens is 355 g/mol. The number of anilines is 2. The molecule has 1 aliphatic rings. The molecule has 5 nitrogen and oxygen atoms in total. The fourth-order valence-corrected chi connectivity index (χ4v) is 2.53. The number of aromatic nitrogens is 1. The summed E-state index contributed by atoms with van der Waals surface area (Å²) in [6.07, 6.45) is 0.472. The smallest absolute Gasteiger partial charge is 0.132 e. The van der Waals surface area contributed by atoms with Crippen LogP contribution in [0, 0.1) is 14.9 Å². The van der Waals surface area contributed by atoms with E-state index in [0.29, 0.717) is 6.42 Å². The minimum Gasteiger partial charge on any atom is -0.378 e. The molecule has 1 saturated heterocycles. The molecule has 1 aliphatic heterocycles. The van der Waals surface area contributed by atoms with Crippen molar-refractivity contribution in [2.75, 3.05) is 36.5 Å².